The minimum absolute atomic E-state index is 0.478. The summed E-state index contributed by atoms with van der Waals surface area (Å²) in [5.74, 6) is 0.628. The minimum Gasteiger partial charge on any atom is -0.181 e. The molecule has 3 heterocycles. The second kappa shape index (κ2) is 5.24. The molecule has 0 aliphatic rings. The molecule has 22 heavy (non-hydrogen) atoms. The van der Waals surface area contributed by atoms with E-state index in [2.05, 4.69) is 24.9 Å². The van der Waals surface area contributed by atoms with Crippen LogP contribution in [0, 0.1) is 6.92 Å². The highest BCUT2D eigenvalue weighted by Gasteiger charge is 2.19. The Morgan fingerprint density at radius 1 is 1.14 bits per heavy atom. The molecule has 1 aromatic carbocycles. The van der Waals surface area contributed by atoms with Gasteiger partial charge in [-0.05, 0) is 24.5 Å². The average molecular weight is 369 g/mol. The monoisotopic (exact) mass is 368 g/mol. The molecule has 110 valence electrons. The lowest BCUT2D eigenvalue weighted by molar-refractivity contribution is 0.969. The van der Waals surface area contributed by atoms with Crippen molar-refractivity contribution in [2.45, 2.75) is 6.92 Å². The first-order chi connectivity index (χ1) is 10.6. The van der Waals surface area contributed by atoms with Gasteiger partial charge in [-0.2, -0.15) is 9.61 Å². The van der Waals surface area contributed by atoms with Gasteiger partial charge in [-0.25, -0.2) is 0 Å². The zero-order valence-corrected chi connectivity index (χ0v) is 14.1. The van der Waals surface area contributed by atoms with Crippen molar-refractivity contribution in [1.82, 2.24) is 29.4 Å². The largest absolute Gasteiger partial charge is 0.235 e. The first-order valence-corrected chi connectivity index (χ1v) is 8.45. The molecule has 0 radical (unpaired) electrons. The second-order valence-corrected chi connectivity index (χ2v) is 6.91. The summed E-state index contributed by atoms with van der Waals surface area (Å²) in [5, 5.41) is 18.6. The van der Waals surface area contributed by atoms with Crippen LogP contribution in [0.4, 0.5) is 0 Å². The van der Waals surface area contributed by atoms with E-state index >= 15 is 0 Å². The molecule has 0 N–H and O–H groups in total. The molecule has 0 saturated heterocycles. The quantitative estimate of drug-likeness (QED) is 0.535. The van der Waals surface area contributed by atoms with Crippen molar-refractivity contribution in [3.8, 4) is 21.3 Å². The van der Waals surface area contributed by atoms with E-state index in [0.717, 1.165) is 21.1 Å². The summed E-state index contributed by atoms with van der Waals surface area (Å²) in [5.41, 5.74) is 1.57. The Balaban J connectivity index is 1.91. The van der Waals surface area contributed by atoms with Crippen LogP contribution < -0.4 is 0 Å². The molecule has 0 fully saturated rings. The molecule has 0 saturated carbocycles. The van der Waals surface area contributed by atoms with E-state index in [1.54, 1.807) is 10.6 Å². The third kappa shape index (κ3) is 2.11. The molecule has 0 spiro atoms. The predicted octanol–water partition coefficient (Wildman–Crippen LogP) is 3.99. The third-order valence-corrected chi connectivity index (χ3v) is 5.60. The number of hydrogen-bond donors (Lipinski definition) is 0. The number of aryl methyl sites for hydroxylation is 1. The Labute approximate surface area is 142 Å². The van der Waals surface area contributed by atoms with Crippen LogP contribution in [0.5, 0.6) is 0 Å². The van der Waals surface area contributed by atoms with Gasteiger partial charge in [0.2, 0.25) is 4.96 Å². The molecular formula is C12H6Cl2N6S2. The van der Waals surface area contributed by atoms with Crippen molar-refractivity contribution in [1.29, 1.82) is 0 Å². The summed E-state index contributed by atoms with van der Waals surface area (Å²) in [6.45, 7) is 1.88. The van der Waals surface area contributed by atoms with Crippen molar-refractivity contribution in [2.75, 3.05) is 0 Å². The van der Waals surface area contributed by atoms with E-state index in [9.17, 15) is 0 Å². The molecule has 0 amide bonds. The van der Waals surface area contributed by atoms with Gasteiger partial charge in [0, 0.05) is 5.56 Å². The number of nitrogens with zero attached hydrogens (tertiary/aromatic N) is 6. The van der Waals surface area contributed by atoms with E-state index in [-0.39, 0.29) is 0 Å². The highest BCUT2D eigenvalue weighted by atomic mass is 35.5. The van der Waals surface area contributed by atoms with E-state index in [0.29, 0.717) is 20.8 Å². The fourth-order valence-corrected chi connectivity index (χ4v) is 3.92. The highest BCUT2D eigenvalue weighted by molar-refractivity contribution is 7.20. The normalized spacial score (nSPS) is 11.4. The van der Waals surface area contributed by atoms with Gasteiger partial charge in [-0.15, -0.1) is 15.3 Å². The zero-order chi connectivity index (χ0) is 15.3. The summed E-state index contributed by atoms with van der Waals surface area (Å²) >= 11 is 15.0. The lowest BCUT2D eigenvalue weighted by Gasteiger charge is -2.00. The maximum Gasteiger partial charge on any atom is 0.235 e. The van der Waals surface area contributed by atoms with E-state index in [1.165, 1.54) is 22.9 Å². The highest BCUT2D eigenvalue weighted by Crippen LogP contribution is 2.36. The lowest BCUT2D eigenvalue weighted by atomic mass is 10.2. The van der Waals surface area contributed by atoms with Crippen LogP contribution in [0.3, 0.4) is 0 Å². The van der Waals surface area contributed by atoms with Crippen molar-refractivity contribution >= 4 is 51.0 Å². The van der Waals surface area contributed by atoms with Crippen molar-refractivity contribution in [2.24, 2.45) is 0 Å². The smallest absolute Gasteiger partial charge is 0.181 e. The van der Waals surface area contributed by atoms with E-state index in [1.807, 2.05) is 19.1 Å². The van der Waals surface area contributed by atoms with Gasteiger partial charge >= 0.3 is 0 Å². The predicted molar refractivity (Wildman–Crippen MR) is 87.8 cm³/mol. The van der Waals surface area contributed by atoms with Crippen LogP contribution in [0.1, 0.15) is 5.69 Å². The van der Waals surface area contributed by atoms with Crippen LogP contribution in [0.15, 0.2) is 18.2 Å². The fraction of sp³-hybridized carbons (Fsp3) is 0.0833. The number of halogens is 2. The number of rotatable bonds is 2. The van der Waals surface area contributed by atoms with Crippen LogP contribution in [-0.2, 0) is 0 Å². The summed E-state index contributed by atoms with van der Waals surface area (Å²) in [6, 6.07) is 5.45. The molecule has 6 nitrogen and oxygen atoms in total. The molecule has 0 bridgehead atoms. The Hall–Kier alpha value is -1.61. The van der Waals surface area contributed by atoms with Crippen molar-refractivity contribution in [3.63, 3.8) is 0 Å². The second-order valence-electron chi connectivity index (χ2n) is 4.41. The summed E-state index contributed by atoms with van der Waals surface area (Å²) in [7, 11) is 0. The third-order valence-electron chi connectivity index (χ3n) is 3.03. The molecule has 0 aliphatic heterocycles. The molecule has 3 aromatic heterocycles. The van der Waals surface area contributed by atoms with Gasteiger partial charge in [0.15, 0.2) is 5.82 Å². The van der Waals surface area contributed by atoms with Crippen LogP contribution in [-0.4, -0.2) is 29.4 Å². The number of fused-ring (bicyclic) bond motifs is 1. The van der Waals surface area contributed by atoms with Gasteiger partial charge in [0.25, 0.3) is 0 Å². The Kier molecular flexibility index (Phi) is 3.33. The van der Waals surface area contributed by atoms with Gasteiger partial charge in [0.1, 0.15) is 9.88 Å². The van der Waals surface area contributed by atoms with Gasteiger partial charge < -0.3 is 0 Å². The first kappa shape index (κ1) is 14.0. The van der Waals surface area contributed by atoms with Gasteiger partial charge in [-0.1, -0.05) is 51.2 Å². The lowest BCUT2D eigenvalue weighted by Crippen LogP contribution is -1.91. The molecule has 0 aliphatic carbocycles. The van der Waals surface area contributed by atoms with Crippen molar-refractivity contribution < 1.29 is 0 Å². The number of benzene rings is 1. The van der Waals surface area contributed by atoms with Crippen LogP contribution in [0.2, 0.25) is 10.0 Å². The summed E-state index contributed by atoms with van der Waals surface area (Å²) in [6.07, 6.45) is 0. The van der Waals surface area contributed by atoms with Gasteiger partial charge in [-0.3, -0.25) is 0 Å². The number of aromatic nitrogens is 6. The minimum atomic E-state index is 0.478. The van der Waals surface area contributed by atoms with Crippen LogP contribution in [0.25, 0.3) is 26.2 Å². The zero-order valence-electron chi connectivity index (χ0n) is 11.0. The summed E-state index contributed by atoms with van der Waals surface area (Å²) < 4.78 is 5.60. The molecule has 4 aromatic rings. The molecule has 0 atom stereocenters. The number of hydrogen-bond acceptors (Lipinski definition) is 7. The molecule has 4 rings (SSSR count). The standard InChI is InChI=1S/C12H6Cl2N6S2/c1-5-9(22-19-15-5)10-16-17-12-20(10)18-11(21-12)6-3-2-4-7(13)8(6)14/h2-4H,1H3. The maximum atomic E-state index is 6.26. The Morgan fingerprint density at radius 2 is 2.00 bits per heavy atom. The summed E-state index contributed by atoms with van der Waals surface area (Å²) in [4.78, 5) is 1.52. The Bertz CT molecular complexity index is 989. The fourth-order valence-electron chi connectivity index (χ4n) is 1.97. The maximum absolute atomic E-state index is 6.26. The SMILES string of the molecule is Cc1nnsc1-c1nnc2sc(-c3cccc(Cl)c3Cl)nn12. The van der Waals surface area contributed by atoms with Crippen molar-refractivity contribution in [3.05, 3.63) is 33.9 Å². The van der Waals surface area contributed by atoms with Crippen LogP contribution >= 0.6 is 46.1 Å². The Morgan fingerprint density at radius 3 is 2.77 bits per heavy atom. The van der Waals surface area contributed by atoms with E-state index < -0.39 is 0 Å². The van der Waals surface area contributed by atoms with Gasteiger partial charge in [0.05, 0.1) is 15.7 Å². The molecule has 10 heteroatoms. The van der Waals surface area contributed by atoms with E-state index in [4.69, 9.17) is 23.2 Å². The first-order valence-electron chi connectivity index (χ1n) is 6.11. The topological polar surface area (TPSA) is 68.9 Å². The molecule has 0 unspecified atom stereocenters. The molecular weight excluding hydrogens is 363 g/mol. The average Bonchev–Trinajstić information content (AvgIpc) is 3.17.